The van der Waals surface area contributed by atoms with E-state index in [1.54, 1.807) is 52.0 Å². The van der Waals surface area contributed by atoms with Crippen LogP contribution in [-0.2, 0) is 41.7 Å². The second kappa shape index (κ2) is 14.6. The summed E-state index contributed by atoms with van der Waals surface area (Å²) in [6.45, 7) is 8.72. The largest absolute Gasteiger partial charge is 0.480 e. The minimum Gasteiger partial charge on any atom is -0.480 e. The lowest BCUT2D eigenvalue weighted by Gasteiger charge is -2.30. The zero-order valence-corrected chi connectivity index (χ0v) is 25.2. The van der Waals surface area contributed by atoms with Crippen LogP contribution in [-0.4, -0.2) is 63.7 Å². The minimum absolute atomic E-state index is 0.0328. The van der Waals surface area contributed by atoms with Gasteiger partial charge in [-0.1, -0.05) is 56.7 Å². The number of carbonyl (C=O) groups is 5. The first-order valence-corrected chi connectivity index (χ1v) is 14.3. The van der Waals surface area contributed by atoms with Crippen LogP contribution < -0.4 is 15.5 Å². The number of carboxylic acid groups (broad SMARTS) is 1. The molecule has 2 aromatic rings. The fourth-order valence-electron chi connectivity index (χ4n) is 4.61. The van der Waals surface area contributed by atoms with Crippen LogP contribution >= 0.6 is 0 Å². The van der Waals surface area contributed by atoms with Gasteiger partial charge in [0, 0.05) is 19.0 Å². The first kappa shape index (κ1) is 33.0. The highest BCUT2D eigenvalue weighted by atomic mass is 16.6. The molecular formula is C31H40N4O8. The lowest BCUT2D eigenvalue weighted by molar-refractivity contribution is -0.146. The molecule has 43 heavy (non-hydrogen) atoms. The molecule has 12 nitrogen and oxygen atoms in total. The number of nitrogens with zero attached hydrogens (tertiary/aromatic N) is 2. The number of ether oxygens (including phenoxy) is 2. The van der Waals surface area contributed by atoms with E-state index in [0.717, 1.165) is 10.5 Å². The highest BCUT2D eigenvalue weighted by Crippen LogP contribution is 2.31. The Morgan fingerprint density at radius 1 is 1.07 bits per heavy atom. The fraction of sp³-hybridized carbons (Fsp3) is 0.484. The summed E-state index contributed by atoms with van der Waals surface area (Å²) in [4.78, 5) is 70.2. The Morgan fingerprint density at radius 2 is 1.77 bits per heavy atom. The van der Waals surface area contributed by atoms with Crippen molar-refractivity contribution in [2.75, 3.05) is 4.90 Å². The number of benzene rings is 1. The molecule has 4 atom stereocenters. The molecule has 1 aromatic carbocycles. The molecule has 3 amide bonds. The maximum atomic E-state index is 14.0. The van der Waals surface area contributed by atoms with E-state index in [-0.39, 0.29) is 37.6 Å². The van der Waals surface area contributed by atoms with Crippen molar-refractivity contribution in [2.45, 2.75) is 90.6 Å². The summed E-state index contributed by atoms with van der Waals surface area (Å²) < 4.78 is 10.7. The number of hydrogen-bond acceptors (Lipinski definition) is 8. The van der Waals surface area contributed by atoms with Crippen LogP contribution in [0.25, 0.3) is 0 Å². The Morgan fingerprint density at radius 3 is 2.40 bits per heavy atom. The van der Waals surface area contributed by atoms with E-state index < -0.39 is 53.6 Å². The van der Waals surface area contributed by atoms with Gasteiger partial charge < -0.3 is 25.2 Å². The number of alkyl carbamates (subject to hydrolysis) is 1. The lowest BCUT2D eigenvalue weighted by Crippen LogP contribution is -2.58. The van der Waals surface area contributed by atoms with Crippen molar-refractivity contribution in [3.8, 4) is 0 Å². The zero-order valence-electron chi connectivity index (χ0n) is 25.2. The second-order valence-corrected chi connectivity index (χ2v) is 11.5. The third-order valence-electron chi connectivity index (χ3n) is 7.01. The van der Waals surface area contributed by atoms with Crippen LogP contribution in [0.3, 0.4) is 0 Å². The molecule has 2 unspecified atom stereocenters. The minimum atomic E-state index is -1.32. The number of rotatable bonds is 12. The standard InChI is InChI=1S/C31H40N4O8/c1-6-19(2)25(34-30(41)43-31(3,4)5)27(37)33-22(14-15-24(36)42-18-20-11-8-7-9-12-20)28(38)35-23(29(39)40)17-21-13-10-16-32-26(21)35/h7-13,16,19,22-23,25H,6,14-15,17-18H2,1-5H3,(H,33,37)(H,34,41)(H,39,40)/t19-,22?,23?,25-/m0/s1. The molecule has 0 saturated heterocycles. The summed E-state index contributed by atoms with van der Waals surface area (Å²) in [7, 11) is 0. The first-order chi connectivity index (χ1) is 20.3. The molecule has 0 saturated carbocycles. The average Bonchev–Trinajstić information content (AvgIpc) is 3.36. The average molecular weight is 597 g/mol. The van der Waals surface area contributed by atoms with Crippen molar-refractivity contribution in [2.24, 2.45) is 5.92 Å². The summed E-state index contributed by atoms with van der Waals surface area (Å²) in [5, 5.41) is 15.2. The summed E-state index contributed by atoms with van der Waals surface area (Å²) in [5.41, 5.74) is 0.548. The third kappa shape index (κ3) is 9.25. The molecule has 3 rings (SSSR count). The van der Waals surface area contributed by atoms with Gasteiger partial charge in [-0.25, -0.2) is 14.6 Å². The van der Waals surface area contributed by atoms with Crippen LogP contribution in [0.5, 0.6) is 0 Å². The van der Waals surface area contributed by atoms with Gasteiger partial charge in [0.2, 0.25) is 5.91 Å². The van der Waals surface area contributed by atoms with Crippen molar-refractivity contribution in [1.82, 2.24) is 15.6 Å². The number of aromatic nitrogens is 1. The van der Waals surface area contributed by atoms with Gasteiger partial charge in [0.1, 0.15) is 36.2 Å². The number of nitrogens with one attached hydrogen (secondary N) is 2. The van der Waals surface area contributed by atoms with E-state index >= 15 is 0 Å². The monoisotopic (exact) mass is 596 g/mol. The van der Waals surface area contributed by atoms with Gasteiger partial charge in [-0.2, -0.15) is 0 Å². The van der Waals surface area contributed by atoms with Crippen molar-refractivity contribution < 1.29 is 38.6 Å². The van der Waals surface area contributed by atoms with Crippen molar-refractivity contribution in [3.05, 3.63) is 59.8 Å². The molecule has 0 radical (unpaired) electrons. The number of fused-ring (bicyclic) bond motifs is 1. The number of pyridine rings is 1. The predicted molar refractivity (Wildman–Crippen MR) is 157 cm³/mol. The van der Waals surface area contributed by atoms with E-state index in [4.69, 9.17) is 9.47 Å². The number of esters is 1. The predicted octanol–water partition coefficient (Wildman–Crippen LogP) is 3.37. The Labute approximate surface area is 251 Å². The zero-order chi connectivity index (χ0) is 31.7. The van der Waals surface area contributed by atoms with Crippen molar-refractivity contribution in [3.63, 3.8) is 0 Å². The fourth-order valence-corrected chi connectivity index (χ4v) is 4.61. The third-order valence-corrected chi connectivity index (χ3v) is 7.01. The molecule has 2 heterocycles. The van der Waals surface area contributed by atoms with Crippen LogP contribution in [0, 0.1) is 5.92 Å². The van der Waals surface area contributed by atoms with Gasteiger partial charge in [0.15, 0.2) is 0 Å². The lowest BCUT2D eigenvalue weighted by atomic mass is 9.97. The topological polar surface area (TPSA) is 164 Å². The normalized spacial score (nSPS) is 16.3. The van der Waals surface area contributed by atoms with E-state index in [9.17, 15) is 29.1 Å². The number of carboxylic acids is 1. The van der Waals surface area contributed by atoms with Crippen molar-refractivity contribution in [1.29, 1.82) is 0 Å². The van der Waals surface area contributed by atoms with E-state index in [1.807, 2.05) is 25.1 Å². The first-order valence-electron chi connectivity index (χ1n) is 14.3. The molecule has 0 spiro atoms. The smallest absolute Gasteiger partial charge is 0.408 e. The summed E-state index contributed by atoms with van der Waals surface area (Å²) in [5.74, 6) is -3.42. The van der Waals surface area contributed by atoms with Crippen LogP contribution in [0.2, 0.25) is 0 Å². The second-order valence-electron chi connectivity index (χ2n) is 11.5. The Hall–Kier alpha value is -4.48. The highest BCUT2D eigenvalue weighted by molar-refractivity contribution is 6.05. The van der Waals surface area contributed by atoms with E-state index in [0.29, 0.717) is 12.0 Å². The van der Waals surface area contributed by atoms with Gasteiger partial charge in [0.05, 0.1) is 0 Å². The molecule has 0 fully saturated rings. The van der Waals surface area contributed by atoms with Crippen LogP contribution in [0.4, 0.5) is 10.6 Å². The number of aliphatic carboxylic acids is 1. The summed E-state index contributed by atoms with van der Waals surface area (Å²) >= 11 is 0. The Balaban J connectivity index is 1.84. The van der Waals surface area contributed by atoms with Crippen molar-refractivity contribution >= 4 is 35.7 Å². The summed E-state index contributed by atoms with van der Waals surface area (Å²) in [6.07, 6.45) is 0.786. The maximum Gasteiger partial charge on any atom is 0.408 e. The van der Waals surface area contributed by atoms with Gasteiger partial charge in [-0.05, 0) is 50.3 Å². The SMILES string of the molecule is CC[C@H](C)[C@H](NC(=O)OC(C)(C)C)C(=O)NC(CCC(=O)OCc1ccccc1)C(=O)N1c2ncccc2CC1C(=O)O. The van der Waals surface area contributed by atoms with Gasteiger partial charge >= 0.3 is 18.0 Å². The maximum absolute atomic E-state index is 14.0. The molecule has 1 aliphatic heterocycles. The molecule has 3 N–H and O–H groups in total. The van der Waals surface area contributed by atoms with Gasteiger partial charge in [-0.15, -0.1) is 0 Å². The molecule has 0 bridgehead atoms. The van der Waals surface area contributed by atoms with Gasteiger partial charge in [-0.3, -0.25) is 19.3 Å². The molecular weight excluding hydrogens is 556 g/mol. The van der Waals surface area contributed by atoms with E-state index in [2.05, 4.69) is 15.6 Å². The van der Waals surface area contributed by atoms with E-state index in [1.165, 1.54) is 6.20 Å². The van der Waals surface area contributed by atoms with Crippen LogP contribution in [0.15, 0.2) is 48.7 Å². The molecule has 12 heteroatoms. The number of carbonyl (C=O) groups excluding carboxylic acids is 4. The highest BCUT2D eigenvalue weighted by Gasteiger charge is 2.43. The molecule has 232 valence electrons. The Bertz CT molecular complexity index is 1310. The number of hydrogen-bond donors (Lipinski definition) is 3. The van der Waals surface area contributed by atoms with Crippen LogP contribution in [0.1, 0.15) is 65.0 Å². The quantitative estimate of drug-likeness (QED) is 0.312. The Kier molecular flexibility index (Phi) is 11.2. The summed E-state index contributed by atoms with van der Waals surface area (Å²) in [6, 6.07) is 8.76. The van der Waals surface area contributed by atoms with Gasteiger partial charge in [0.25, 0.3) is 5.91 Å². The molecule has 0 aliphatic carbocycles. The number of amides is 3. The molecule has 1 aliphatic rings. The molecule has 1 aromatic heterocycles. The number of anilines is 1.